The summed E-state index contributed by atoms with van der Waals surface area (Å²) in [5.74, 6) is 0.647. The maximum absolute atomic E-state index is 12.8. The van der Waals surface area contributed by atoms with Crippen molar-refractivity contribution in [2.75, 3.05) is 56.3 Å². The van der Waals surface area contributed by atoms with Gasteiger partial charge in [0.05, 0.1) is 28.3 Å². The average Bonchev–Trinajstić information content (AvgIpc) is 3.21. The number of rotatable bonds is 9. The molecule has 2 N–H and O–H groups in total. The van der Waals surface area contributed by atoms with Crippen molar-refractivity contribution in [1.29, 1.82) is 0 Å². The fraction of sp³-hybridized carbons (Fsp3) is 0.421. The van der Waals surface area contributed by atoms with E-state index in [-0.39, 0.29) is 0 Å². The third kappa shape index (κ3) is 5.46. The largest absolute Gasteiger partial charge is 0.379 e. The van der Waals surface area contributed by atoms with Crippen LogP contribution in [0.5, 0.6) is 0 Å². The van der Waals surface area contributed by atoms with Gasteiger partial charge in [0.25, 0.3) is 0 Å². The summed E-state index contributed by atoms with van der Waals surface area (Å²) in [6, 6.07) is 5.84. The van der Waals surface area contributed by atoms with Crippen molar-refractivity contribution >= 4 is 55.4 Å². The van der Waals surface area contributed by atoms with E-state index in [1.165, 1.54) is 0 Å². The molecule has 11 heteroatoms. The van der Waals surface area contributed by atoms with Gasteiger partial charge in [-0.1, -0.05) is 11.3 Å². The van der Waals surface area contributed by atoms with E-state index in [9.17, 15) is 4.21 Å². The minimum absolute atomic E-state index is 0.632. The SMILES string of the molecule is CSc1cnc(NCCCNc2nc3ccc(S(=O)N4CCOCC4)cc3s2)nc1. The van der Waals surface area contributed by atoms with Gasteiger partial charge in [-0.25, -0.2) is 23.5 Å². The zero-order valence-corrected chi connectivity index (χ0v) is 19.1. The number of benzene rings is 1. The number of fused-ring (bicyclic) bond motifs is 1. The molecule has 1 aromatic carbocycles. The van der Waals surface area contributed by atoms with E-state index in [1.807, 2.05) is 41.2 Å². The number of thiazole rings is 1. The Morgan fingerprint density at radius 3 is 2.73 bits per heavy atom. The first kappa shape index (κ1) is 21.4. The predicted octanol–water partition coefficient (Wildman–Crippen LogP) is 3.08. The second-order valence-corrected chi connectivity index (χ2v) is 9.99. The van der Waals surface area contributed by atoms with Gasteiger partial charge in [0.15, 0.2) is 5.13 Å². The Bertz CT molecular complexity index is 992. The number of anilines is 2. The topological polar surface area (TPSA) is 92.3 Å². The molecular formula is C19H24N6O2S3. The Morgan fingerprint density at radius 1 is 1.20 bits per heavy atom. The second kappa shape index (κ2) is 10.5. The third-order valence-electron chi connectivity index (χ3n) is 4.54. The summed E-state index contributed by atoms with van der Waals surface area (Å²) >= 11 is 3.21. The minimum Gasteiger partial charge on any atom is -0.379 e. The number of ether oxygens (including phenoxy) is 1. The van der Waals surface area contributed by atoms with Crippen molar-refractivity contribution in [3.63, 3.8) is 0 Å². The standard InChI is InChI=1S/C19H24N6O2S3/c1-28-14-12-22-18(23-13-14)20-5-2-6-21-19-24-16-4-3-15(11-17(16)29-19)30(26)25-7-9-27-10-8-25/h3-4,11-13H,2,5-10H2,1H3,(H,21,24)(H,20,22,23). The number of nitrogens with zero attached hydrogens (tertiary/aromatic N) is 4. The number of hydrogen-bond acceptors (Lipinski definition) is 9. The lowest BCUT2D eigenvalue weighted by molar-refractivity contribution is 0.0752. The zero-order chi connectivity index (χ0) is 20.8. The van der Waals surface area contributed by atoms with Crippen LogP contribution >= 0.6 is 23.1 Å². The van der Waals surface area contributed by atoms with Crippen LogP contribution in [-0.4, -0.2) is 69.1 Å². The van der Waals surface area contributed by atoms with Gasteiger partial charge in [-0.2, -0.15) is 0 Å². The van der Waals surface area contributed by atoms with Crippen LogP contribution in [0.2, 0.25) is 0 Å². The normalized spacial score (nSPS) is 15.9. The van der Waals surface area contributed by atoms with E-state index in [2.05, 4.69) is 25.6 Å². The molecule has 1 aliphatic heterocycles. The predicted molar refractivity (Wildman–Crippen MR) is 124 cm³/mol. The number of aromatic nitrogens is 3. The van der Waals surface area contributed by atoms with E-state index < -0.39 is 11.0 Å². The van der Waals surface area contributed by atoms with Gasteiger partial charge >= 0.3 is 0 Å². The summed E-state index contributed by atoms with van der Waals surface area (Å²) in [5, 5.41) is 7.47. The highest BCUT2D eigenvalue weighted by Crippen LogP contribution is 2.28. The summed E-state index contributed by atoms with van der Waals surface area (Å²) in [6.07, 6.45) is 6.55. The molecule has 1 fully saturated rings. The van der Waals surface area contributed by atoms with Crippen LogP contribution in [0.4, 0.5) is 11.1 Å². The number of morpholine rings is 1. The highest BCUT2D eigenvalue weighted by Gasteiger charge is 2.19. The van der Waals surface area contributed by atoms with E-state index in [1.54, 1.807) is 23.1 Å². The molecule has 8 nitrogen and oxygen atoms in total. The van der Waals surface area contributed by atoms with E-state index in [4.69, 9.17) is 4.74 Å². The molecule has 0 saturated carbocycles. The first-order valence-corrected chi connectivity index (χ1v) is 12.9. The summed E-state index contributed by atoms with van der Waals surface area (Å²) in [7, 11) is -1.15. The monoisotopic (exact) mass is 464 g/mol. The summed E-state index contributed by atoms with van der Waals surface area (Å²) in [4.78, 5) is 15.1. The van der Waals surface area contributed by atoms with Crippen LogP contribution in [0.3, 0.4) is 0 Å². The minimum atomic E-state index is -1.15. The van der Waals surface area contributed by atoms with Crippen LogP contribution < -0.4 is 10.6 Å². The Balaban J connectivity index is 1.27. The molecule has 0 radical (unpaired) electrons. The Hall–Kier alpha value is -1.79. The lowest BCUT2D eigenvalue weighted by Crippen LogP contribution is -2.37. The molecule has 3 heterocycles. The van der Waals surface area contributed by atoms with Crippen LogP contribution in [0.25, 0.3) is 10.2 Å². The van der Waals surface area contributed by atoms with E-state index >= 15 is 0 Å². The molecule has 1 aliphatic rings. The first-order chi connectivity index (χ1) is 14.7. The molecule has 0 bridgehead atoms. The molecule has 1 atom stereocenters. The van der Waals surface area contributed by atoms with Crippen LogP contribution in [0.15, 0.2) is 40.4 Å². The number of thioether (sulfide) groups is 1. The van der Waals surface area contributed by atoms with Crippen molar-refractivity contribution < 1.29 is 8.95 Å². The highest BCUT2D eigenvalue weighted by atomic mass is 32.2. The van der Waals surface area contributed by atoms with Gasteiger partial charge in [0.1, 0.15) is 11.0 Å². The lowest BCUT2D eigenvalue weighted by Gasteiger charge is -2.25. The summed E-state index contributed by atoms with van der Waals surface area (Å²) < 4.78 is 21.1. The fourth-order valence-electron chi connectivity index (χ4n) is 2.95. The third-order valence-corrected chi connectivity index (χ3v) is 7.69. The van der Waals surface area contributed by atoms with Crippen molar-refractivity contribution in [3.8, 4) is 0 Å². The smallest absolute Gasteiger partial charge is 0.222 e. The van der Waals surface area contributed by atoms with Crippen LogP contribution in [0.1, 0.15) is 6.42 Å². The van der Waals surface area contributed by atoms with Crippen molar-refractivity contribution in [3.05, 3.63) is 30.6 Å². The summed E-state index contributed by atoms with van der Waals surface area (Å²) in [5.41, 5.74) is 0.922. The number of hydrogen-bond donors (Lipinski definition) is 2. The molecule has 1 unspecified atom stereocenters. The Kier molecular flexibility index (Phi) is 7.50. The van der Waals surface area contributed by atoms with E-state index in [0.717, 1.165) is 44.6 Å². The van der Waals surface area contributed by atoms with Gasteiger partial charge < -0.3 is 15.4 Å². The van der Waals surface area contributed by atoms with Crippen molar-refractivity contribution in [1.82, 2.24) is 19.3 Å². The average molecular weight is 465 g/mol. The maximum atomic E-state index is 12.8. The molecule has 0 spiro atoms. The van der Waals surface area contributed by atoms with E-state index in [0.29, 0.717) is 32.3 Å². The molecule has 3 aromatic rings. The molecule has 4 rings (SSSR count). The lowest BCUT2D eigenvalue weighted by atomic mass is 10.3. The van der Waals surface area contributed by atoms with Gasteiger partial charge in [-0.05, 0) is 30.9 Å². The molecular weight excluding hydrogens is 440 g/mol. The first-order valence-electron chi connectivity index (χ1n) is 9.72. The van der Waals surface area contributed by atoms with Gasteiger partial charge in [0.2, 0.25) is 5.95 Å². The van der Waals surface area contributed by atoms with Crippen molar-refractivity contribution in [2.45, 2.75) is 16.2 Å². The Morgan fingerprint density at radius 2 is 1.97 bits per heavy atom. The fourth-order valence-corrected chi connectivity index (χ4v) is 5.45. The zero-order valence-electron chi connectivity index (χ0n) is 16.7. The molecule has 2 aromatic heterocycles. The maximum Gasteiger partial charge on any atom is 0.222 e. The van der Waals surface area contributed by atoms with Crippen LogP contribution in [0, 0.1) is 0 Å². The van der Waals surface area contributed by atoms with Crippen LogP contribution in [-0.2, 0) is 15.7 Å². The van der Waals surface area contributed by atoms with Crippen molar-refractivity contribution in [2.24, 2.45) is 0 Å². The molecule has 0 amide bonds. The second-order valence-electron chi connectivity index (χ2n) is 6.59. The molecule has 30 heavy (non-hydrogen) atoms. The molecule has 160 valence electrons. The van der Waals surface area contributed by atoms with Gasteiger partial charge in [-0.3, -0.25) is 0 Å². The summed E-state index contributed by atoms with van der Waals surface area (Å²) in [6.45, 7) is 4.22. The van der Waals surface area contributed by atoms with Gasteiger partial charge in [-0.15, -0.1) is 11.8 Å². The molecule has 0 aliphatic carbocycles. The van der Waals surface area contributed by atoms with Gasteiger partial charge in [0, 0.05) is 43.5 Å². The highest BCUT2D eigenvalue weighted by molar-refractivity contribution is 7.98. The Labute approximate surface area is 186 Å². The quantitative estimate of drug-likeness (QED) is 0.369. The number of nitrogens with one attached hydrogen (secondary N) is 2. The molecule has 1 saturated heterocycles.